The molecule has 0 aliphatic carbocycles. The van der Waals surface area contributed by atoms with Crippen molar-refractivity contribution < 1.29 is 14.3 Å². The molecule has 7 nitrogen and oxygen atoms in total. The quantitative estimate of drug-likeness (QED) is 0.237. The van der Waals surface area contributed by atoms with E-state index in [1.165, 1.54) is 0 Å². The number of hydrogen-bond donors (Lipinski definition) is 2. The molecule has 26 heavy (non-hydrogen) atoms. The van der Waals surface area contributed by atoms with Crippen LogP contribution in [0.2, 0.25) is 0 Å². The number of ether oxygens (including phenoxy) is 2. The van der Waals surface area contributed by atoms with Gasteiger partial charge in [-0.2, -0.15) is 0 Å². The summed E-state index contributed by atoms with van der Waals surface area (Å²) in [6.45, 7) is 9.56. The fraction of sp³-hybridized carbons (Fsp3) is 0.889. The summed E-state index contributed by atoms with van der Waals surface area (Å²) in [5.41, 5.74) is 0. The number of nitrogens with zero attached hydrogens (tertiary/aromatic N) is 2. The van der Waals surface area contributed by atoms with Gasteiger partial charge in [0.15, 0.2) is 5.96 Å². The third-order valence-electron chi connectivity index (χ3n) is 4.69. The van der Waals surface area contributed by atoms with Crippen LogP contribution in [0.5, 0.6) is 0 Å². The van der Waals surface area contributed by atoms with E-state index in [9.17, 15) is 4.79 Å². The monoisotopic (exact) mass is 482 g/mol. The predicted molar refractivity (Wildman–Crippen MR) is 114 cm³/mol. The fourth-order valence-electron chi connectivity index (χ4n) is 3.18. The Labute approximate surface area is 174 Å². The standard InChI is InChI=1S/C18H34N4O3.HI/c1-14(2)17(23)22-8-5-16(11-22)21-18(19-3)20-7-4-9-24-12-15-6-10-25-13-15;/h14-16H,4-13H2,1-3H3,(H2,19,20,21);1H. The molecule has 8 heteroatoms. The van der Waals surface area contributed by atoms with Crippen molar-refractivity contribution in [3.8, 4) is 0 Å². The molecule has 0 radical (unpaired) electrons. The molecule has 1 amide bonds. The van der Waals surface area contributed by atoms with Crippen molar-refractivity contribution >= 4 is 35.8 Å². The molecule has 0 aromatic carbocycles. The Morgan fingerprint density at radius 1 is 1.38 bits per heavy atom. The normalized spacial score (nSPS) is 23.2. The highest BCUT2D eigenvalue weighted by atomic mass is 127. The molecule has 2 heterocycles. The molecule has 2 atom stereocenters. The van der Waals surface area contributed by atoms with Gasteiger partial charge in [0.05, 0.1) is 13.2 Å². The summed E-state index contributed by atoms with van der Waals surface area (Å²) in [5.74, 6) is 1.67. The van der Waals surface area contributed by atoms with Gasteiger partial charge >= 0.3 is 0 Å². The van der Waals surface area contributed by atoms with E-state index in [4.69, 9.17) is 9.47 Å². The highest BCUT2D eigenvalue weighted by Gasteiger charge is 2.27. The van der Waals surface area contributed by atoms with Crippen molar-refractivity contribution in [3.63, 3.8) is 0 Å². The second-order valence-electron chi connectivity index (χ2n) is 7.23. The molecule has 2 rings (SSSR count). The first-order valence-electron chi connectivity index (χ1n) is 9.51. The largest absolute Gasteiger partial charge is 0.381 e. The number of halogens is 1. The summed E-state index contributed by atoms with van der Waals surface area (Å²) in [4.78, 5) is 18.3. The Morgan fingerprint density at radius 2 is 2.19 bits per heavy atom. The average Bonchev–Trinajstić information content (AvgIpc) is 3.27. The molecular weight excluding hydrogens is 447 g/mol. The van der Waals surface area contributed by atoms with E-state index < -0.39 is 0 Å². The third-order valence-corrected chi connectivity index (χ3v) is 4.69. The lowest BCUT2D eigenvalue weighted by Crippen LogP contribution is -2.45. The minimum absolute atomic E-state index is 0. The molecule has 0 saturated carbocycles. The first kappa shape index (κ1) is 23.4. The summed E-state index contributed by atoms with van der Waals surface area (Å²) in [6.07, 6.45) is 3.02. The van der Waals surface area contributed by atoms with Crippen LogP contribution < -0.4 is 10.6 Å². The maximum absolute atomic E-state index is 12.0. The molecule has 2 saturated heterocycles. The third kappa shape index (κ3) is 7.96. The van der Waals surface area contributed by atoms with Gasteiger partial charge in [-0.3, -0.25) is 9.79 Å². The van der Waals surface area contributed by atoms with Gasteiger partial charge in [-0.05, 0) is 19.3 Å². The Kier molecular flexibility index (Phi) is 11.5. The Balaban J connectivity index is 0.00000338. The molecule has 0 bridgehead atoms. The summed E-state index contributed by atoms with van der Waals surface area (Å²) >= 11 is 0. The molecule has 0 aromatic heterocycles. The van der Waals surface area contributed by atoms with Crippen LogP contribution in [0.25, 0.3) is 0 Å². The van der Waals surface area contributed by atoms with Crippen molar-refractivity contribution in [1.82, 2.24) is 15.5 Å². The summed E-state index contributed by atoms with van der Waals surface area (Å²) < 4.78 is 11.0. The lowest BCUT2D eigenvalue weighted by Gasteiger charge is -2.20. The Morgan fingerprint density at radius 3 is 2.85 bits per heavy atom. The van der Waals surface area contributed by atoms with E-state index in [0.717, 1.165) is 71.3 Å². The molecule has 0 spiro atoms. The molecule has 152 valence electrons. The van der Waals surface area contributed by atoms with Crippen LogP contribution in [0.3, 0.4) is 0 Å². The molecule has 0 aromatic rings. The number of likely N-dealkylation sites (tertiary alicyclic amines) is 1. The molecule has 2 fully saturated rings. The van der Waals surface area contributed by atoms with Gasteiger partial charge in [0.25, 0.3) is 0 Å². The Hall–Kier alpha value is -0.610. The Bertz CT molecular complexity index is 442. The minimum atomic E-state index is 0. The lowest BCUT2D eigenvalue weighted by atomic mass is 10.1. The number of hydrogen-bond acceptors (Lipinski definition) is 4. The van der Waals surface area contributed by atoms with Crippen molar-refractivity contribution in [3.05, 3.63) is 0 Å². The first-order chi connectivity index (χ1) is 12.1. The average molecular weight is 482 g/mol. The molecule has 2 aliphatic heterocycles. The summed E-state index contributed by atoms with van der Waals surface area (Å²) in [5, 5.41) is 6.74. The van der Waals surface area contributed by atoms with E-state index in [1.807, 2.05) is 18.7 Å². The topological polar surface area (TPSA) is 75.2 Å². The number of carbonyl (C=O) groups is 1. The number of rotatable bonds is 8. The van der Waals surface area contributed by atoms with Crippen LogP contribution in [-0.4, -0.2) is 75.9 Å². The zero-order chi connectivity index (χ0) is 18.1. The number of amides is 1. The van der Waals surface area contributed by atoms with Crippen LogP contribution in [0.15, 0.2) is 4.99 Å². The lowest BCUT2D eigenvalue weighted by molar-refractivity contribution is -0.133. The highest BCUT2D eigenvalue weighted by Crippen LogP contribution is 2.13. The van der Waals surface area contributed by atoms with Crippen LogP contribution in [0.4, 0.5) is 0 Å². The van der Waals surface area contributed by atoms with Crippen LogP contribution in [0.1, 0.15) is 33.1 Å². The molecular formula is C18H35IN4O3. The van der Waals surface area contributed by atoms with Gasteiger partial charge in [0, 0.05) is 57.8 Å². The zero-order valence-corrected chi connectivity index (χ0v) is 18.7. The van der Waals surface area contributed by atoms with E-state index in [1.54, 1.807) is 7.05 Å². The number of carbonyl (C=O) groups excluding carboxylic acids is 1. The van der Waals surface area contributed by atoms with Crippen molar-refractivity contribution in [1.29, 1.82) is 0 Å². The maximum atomic E-state index is 12.0. The van der Waals surface area contributed by atoms with Gasteiger partial charge in [-0.15, -0.1) is 24.0 Å². The van der Waals surface area contributed by atoms with Gasteiger partial charge in [0.2, 0.25) is 5.91 Å². The van der Waals surface area contributed by atoms with E-state index >= 15 is 0 Å². The molecule has 2 unspecified atom stereocenters. The van der Waals surface area contributed by atoms with E-state index in [0.29, 0.717) is 5.92 Å². The number of guanidine groups is 1. The van der Waals surface area contributed by atoms with Crippen LogP contribution in [0, 0.1) is 11.8 Å². The van der Waals surface area contributed by atoms with Crippen molar-refractivity contribution in [2.75, 3.05) is 53.1 Å². The second-order valence-corrected chi connectivity index (χ2v) is 7.23. The number of nitrogens with one attached hydrogen (secondary N) is 2. The maximum Gasteiger partial charge on any atom is 0.225 e. The van der Waals surface area contributed by atoms with E-state index in [2.05, 4.69) is 15.6 Å². The smallest absolute Gasteiger partial charge is 0.225 e. The zero-order valence-electron chi connectivity index (χ0n) is 16.3. The SMILES string of the molecule is CN=C(NCCCOCC1CCOC1)NC1CCN(C(=O)C(C)C)C1.I. The van der Waals surface area contributed by atoms with Crippen LogP contribution in [-0.2, 0) is 14.3 Å². The van der Waals surface area contributed by atoms with Gasteiger partial charge in [-0.1, -0.05) is 13.8 Å². The fourth-order valence-corrected chi connectivity index (χ4v) is 3.18. The molecule has 2 N–H and O–H groups in total. The summed E-state index contributed by atoms with van der Waals surface area (Å²) in [7, 11) is 1.78. The predicted octanol–water partition coefficient (Wildman–Crippen LogP) is 1.47. The van der Waals surface area contributed by atoms with Crippen molar-refractivity contribution in [2.24, 2.45) is 16.8 Å². The van der Waals surface area contributed by atoms with Gasteiger partial charge < -0.3 is 25.0 Å². The number of aliphatic imine (C=N–C) groups is 1. The van der Waals surface area contributed by atoms with Gasteiger partial charge in [0.1, 0.15) is 0 Å². The van der Waals surface area contributed by atoms with Gasteiger partial charge in [-0.25, -0.2) is 0 Å². The van der Waals surface area contributed by atoms with E-state index in [-0.39, 0.29) is 41.8 Å². The summed E-state index contributed by atoms with van der Waals surface area (Å²) in [6, 6.07) is 0.271. The molecule has 2 aliphatic rings. The highest BCUT2D eigenvalue weighted by molar-refractivity contribution is 14.0. The van der Waals surface area contributed by atoms with Crippen LogP contribution >= 0.6 is 24.0 Å². The first-order valence-corrected chi connectivity index (χ1v) is 9.51. The minimum Gasteiger partial charge on any atom is -0.381 e. The van der Waals surface area contributed by atoms with Crippen molar-refractivity contribution in [2.45, 2.75) is 39.2 Å². The second kappa shape index (κ2) is 12.7.